The number of phenolic OH excluding ortho intramolecular Hbond substituents is 1. The maximum absolute atomic E-state index is 14.6. The predicted octanol–water partition coefficient (Wildman–Crippen LogP) is 9.06. The molecule has 4 rings (SSSR count). The van der Waals surface area contributed by atoms with Gasteiger partial charge in [-0.1, -0.05) is 89.4 Å². The summed E-state index contributed by atoms with van der Waals surface area (Å²) < 4.78 is 0. The highest BCUT2D eigenvalue weighted by Crippen LogP contribution is 2.41. The second-order valence-corrected chi connectivity index (χ2v) is 12.2. The Bertz CT molecular complexity index is 1230. The number of urea groups is 1. The van der Waals surface area contributed by atoms with E-state index in [4.69, 9.17) is 0 Å². The van der Waals surface area contributed by atoms with Gasteiger partial charge in [-0.3, -0.25) is 0 Å². The molecule has 0 aromatic heterocycles. The molecular weight excluding hydrogens is 494 g/mol. The highest BCUT2D eigenvalue weighted by Gasteiger charge is 2.34. The summed E-state index contributed by atoms with van der Waals surface area (Å²) in [6, 6.07) is 22.2. The summed E-state index contributed by atoms with van der Waals surface area (Å²) in [5.41, 5.74) is 6.57. The number of hydrogen-bond acceptors (Lipinski definition) is 3. The van der Waals surface area contributed by atoms with Gasteiger partial charge in [-0.2, -0.15) is 0 Å². The van der Waals surface area contributed by atoms with Gasteiger partial charge in [0, 0.05) is 32.0 Å². The molecule has 1 atom stereocenters. The number of carbonyl (C=O) groups excluding carboxylic acids is 1. The number of carbonyl (C=O) groups is 1. The topological polar surface area (TPSA) is 55.8 Å². The van der Waals surface area contributed by atoms with E-state index in [0.717, 1.165) is 40.9 Å². The largest absolute Gasteiger partial charge is 0.508 e. The van der Waals surface area contributed by atoms with Crippen LogP contribution in [0.2, 0.25) is 0 Å². The van der Waals surface area contributed by atoms with Crippen molar-refractivity contribution in [2.45, 2.75) is 84.2 Å². The number of hydrogen-bond donors (Lipinski definition) is 2. The number of benzene rings is 3. The molecule has 1 saturated carbocycles. The molecule has 1 aliphatic rings. The maximum atomic E-state index is 14.6. The fourth-order valence-corrected chi connectivity index (χ4v) is 6.11. The van der Waals surface area contributed by atoms with Crippen LogP contribution in [0.5, 0.6) is 5.75 Å². The highest BCUT2D eigenvalue weighted by atomic mass is 16.3. The lowest BCUT2D eigenvalue weighted by molar-refractivity contribution is 0.134. The van der Waals surface area contributed by atoms with Crippen LogP contribution in [0.15, 0.2) is 66.7 Å². The SMILES string of the molecule is CC(C)c1cccc(C(C)C)c1NC(=O)N(Cc1ccc(O)cc1)C(c1cccc(N(C)C)c1)C1CCCCC1. The van der Waals surface area contributed by atoms with E-state index in [9.17, 15) is 9.90 Å². The summed E-state index contributed by atoms with van der Waals surface area (Å²) in [5, 5.41) is 13.4. The second-order valence-electron chi connectivity index (χ2n) is 12.2. The molecule has 0 spiro atoms. The van der Waals surface area contributed by atoms with Crippen molar-refractivity contribution < 1.29 is 9.90 Å². The first-order valence-corrected chi connectivity index (χ1v) is 14.9. The smallest absolute Gasteiger partial charge is 0.322 e. The van der Waals surface area contributed by atoms with Crippen molar-refractivity contribution in [1.29, 1.82) is 0 Å². The van der Waals surface area contributed by atoms with Gasteiger partial charge in [-0.05, 0) is 77.1 Å². The third-order valence-corrected chi connectivity index (χ3v) is 8.32. The molecule has 214 valence electrons. The molecule has 0 saturated heterocycles. The van der Waals surface area contributed by atoms with Gasteiger partial charge in [0.15, 0.2) is 0 Å². The normalized spacial score (nSPS) is 14.8. The molecule has 1 fully saturated rings. The highest BCUT2D eigenvalue weighted by molar-refractivity contribution is 5.92. The first-order valence-electron chi connectivity index (χ1n) is 14.9. The van der Waals surface area contributed by atoms with Gasteiger partial charge in [0.25, 0.3) is 0 Å². The van der Waals surface area contributed by atoms with Crippen LogP contribution in [0.25, 0.3) is 0 Å². The van der Waals surface area contributed by atoms with Crippen LogP contribution in [0.1, 0.15) is 99.9 Å². The zero-order chi connectivity index (χ0) is 28.8. The Morgan fingerprint density at radius 3 is 2.05 bits per heavy atom. The minimum absolute atomic E-state index is 0.0669. The number of para-hydroxylation sites is 1. The molecule has 3 aromatic rings. The van der Waals surface area contributed by atoms with Crippen molar-refractivity contribution in [3.05, 3.63) is 89.0 Å². The average molecular weight is 542 g/mol. The van der Waals surface area contributed by atoms with E-state index in [0.29, 0.717) is 12.5 Å². The molecule has 1 aliphatic carbocycles. The van der Waals surface area contributed by atoms with Crippen LogP contribution in [0, 0.1) is 5.92 Å². The van der Waals surface area contributed by atoms with E-state index < -0.39 is 0 Å². The molecule has 0 radical (unpaired) electrons. The average Bonchev–Trinajstić information content (AvgIpc) is 2.94. The number of rotatable bonds is 9. The van der Waals surface area contributed by atoms with Gasteiger partial charge in [0.1, 0.15) is 5.75 Å². The monoisotopic (exact) mass is 541 g/mol. The first kappa shape index (κ1) is 29.5. The summed E-state index contributed by atoms with van der Waals surface area (Å²) in [4.78, 5) is 18.7. The number of nitrogens with one attached hydrogen (secondary N) is 1. The molecule has 0 heterocycles. The molecule has 2 N–H and O–H groups in total. The van der Waals surface area contributed by atoms with E-state index >= 15 is 0 Å². The molecule has 0 aliphatic heterocycles. The summed E-state index contributed by atoms with van der Waals surface area (Å²) in [6.07, 6.45) is 5.85. The van der Waals surface area contributed by atoms with E-state index in [-0.39, 0.29) is 29.7 Å². The number of amides is 2. The van der Waals surface area contributed by atoms with Gasteiger partial charge >= 0.3 is 6.03 Å². The molecule has 2 amide bonds. The van der Waals surface area contributed by atoms with Gasteiger partial charge in [0.05, 0.1) is 6.04 Å². The van der Waals surface area contributed by atoms with Crippen LogP contribution in [-0.4, -0.2) is 30.1 Å². The number of nitrogens with zero attached hydrogens (tertiary/aromatic N) is 2. The standard InChI is InChI=1S/C35H47N3O2/c1-24(2)31-16-11-17-32(25(3)4)33(31)36-35(40)38(23-26-18-20-30(39)21-19-26)34(27-12-8-7-9-13-27)28-14-10-15-29(22-28)37(5)6/h10-11,14-22,24-25,27,34,39H,7-9,12-13,23H2,1-6H3,(H,36,40). The Morgan fingerprint density at radius 2 is 1.48 bits per heavy atom. The fourth-order valence-electron chi connectivity index (χ4n) is 6.11. The zero-order valence-corrected chi connectivity index (χ0v) is 25.2. The van der Waals surface area contributed by atoms with Crippen molar-refractivity contribution in [3.63, 3.8) is 0 Å². The van der Waals surface area contributed by atoms with Gasteiger partial charge in [-0.15, -0.1) is 0 Å². The summed E-state index contributed by atoms with van der Waals surface area (Å²) >= 11 is 0. The van der Waals surface area contributed by atoms with Crippen molar-refractivity contribution >= 4 is 17.4 Å². The Morgan fingerprint density at radius 1 is 0.875 bits per heavy atom. The van der Waals surface area contributed by atoms with Crippen LogP contribution >= 0.6 is 0 Å². The third kappa shape index (κ3) is 6.99. The quantitative estimate of drug-likeness (QED) is 0.284. The third-order valence-electron chi connectivity index (χ3n) is 8.32. The van der Waals surface area contributed by atoms with Crippen LogP contribution in [-0.2, 0) is 6.54 Å². The van der Waals surface area contributed by atoms with Crippen molar-refractivity contribution in [2.24, 2.45) is 5.92 Å². The molecule has 0 bridgehead atoms. The minimum atomic E-state index is -0.0751. The Hall–Kier alpha value is -3.47. The number of phenols is 1. The molecule has 1 unspecified atom stereocenters. The van der Waals surface area contributed by atoms with Crippen LogP contribution in [0.4, 0.5) is 16.2 Å². The Balaban J connectivity index is 1.82. The number of aromatic hydroxyl groups is 1. The summed E-state index contributed by atoms with van der Waals surface area (Å²) in [6.45, 7) is 9.18. The lowest BCUT2D eigenvalue weighted by Gasteiger charge is -2.40. The number of anilines is 2. The first-order chi connectivity index (χ1) is 19.2. The van der Waals surface area contributed by atoms with Crippen molar-refractivity contribution in [2.75, 3.05) is 24.3 Å². The van der Waals surface area contributed by atoms with E-state index in [1.54, 1.807) is 12.1 Å². The molecule has 5 nitrogen and oxygen atoms in total. The zero-order valence-electron chi connectivity index (χ0n) is 25.2. The lowest BCUT2D eigenvalue weighted by atomic mass is 9.80. The lowest BCUT2D eigenvalue weighted by Crippen LogP contribution is -2.41. The van der Waals surface area contributed by atoms with Gasteiger partial charge < -0.3 is 20.2 Å². The van der Waals surface area contributed by atoms with E-state index in [1.165, 1.54) is 24.8 Å². The van der Waals surface area contributed by atoms with E-state index in [1.807, 2.05) is 12.1 Å². The predicted molar refractivity (Wildman–Crippen MR) is 167 cm³/mol. The van der Waals surface area contributed by atoms with E-state index in [2.05, 4.69) is 99.4 Å². The Kier molecular flexibility index (Phi) is 9.78. The maximum Gasteiger partial charge on any atom is 0.322 e. The molecule has 5 heteroatoms. The Labute approximate surface area is 241 Å². The van der Waals surface area contributed by atoms with Crippen LogP contribution < -0.4 is 10.2 Å². The molecule has 40 heavy (non-hydrogen) atoms. The summed E-state index contributed by atoms with van der Waals surface area (Å²) in [7, 11) is 4.12. The van der Waals surface area contributed by atoms with Crippen molar-refractivity contribution in [1.82, 2.24) is 4.90 Å². The molecule has 3 aromatic carbocycles. The molecular formula is C35H47N3O2. The second kappa shape index (κ2) is 13.3. The van der Waals surface area contributed by atoms with Crippen LogP contribution in [0.3, 0.4) is 0 Å². The van der Waals surface area contributed by atoms with Crippen molar-refractivity contribution in [3.8, 4) is 5.75 Å². The van der Waals surface area contributed by atoms with Gasteiger partial charge in [-0.25, -0.2) is 4.79 Å². The fraction of sp³-hybridized carbons (Fsp3) is 0.457. The minimum Gasteiger partial charge on any atom is -0.508 e. The van der Waals surface area contributed by atoms with Gasteiger partial charge in [0.2, 0.25) is 0 Å². The summed E-state index contributed by atoms with van der Waals surface area (Å²) in [5.74, 6) is 1.17.